The third-order valence-electron chi connectivity index (χ3n) is 6.29. The molecule has 2 aromatic carbocycles. The number of aromatic nitrogens is 2. The van der Waals surface area contributed by atoms with Gasteiger partial charge < -0.3 is 10.6 Å². The van der Waals surface area contributed by atoms with Gasteiger partial charge in [0.1, 0.15) is 23.3 Å². The minimum Gasteiger partial charge on any atom is -0.330 e. The summed E-state index contributed by atoms with van der Waals surface area (Å²) < 4.78 is 55.5. The zero-order chi connectivity index (χ0) is 28.9. The van der Waals surface area contributed by atoms with Crippen molar-refractivity contribution in [2.45, 2.75) is 46.0 Å². The summed E-state index contributed by atoms with van der Waals surface area (Å²) in [5.41, 5.74) is 3.95. The lowest BCUT2D eigenvalue weighted by molar-refractivity contribution is -0.140. The Labute approximate surface area is 223 Å². The molecule has 3 rings (SSSR count). The Bertz CT molecular complexity index is 1430. The fraction of sp³-hybridized carbons (Fsp3) is 0.357. The van der Waals surface area contributed by atoms with Gasteiger partial charge in [-0.1, -0.05) is 44.2 Å². The Morgan fingerprint density at radius 3 is 2.41 bits per heavy atom. The van der Waals surface area contributed by atoms with Gasteiger partial charge in [-0.2, -0.15) is 18.4 Å². The van der Waals surface area contributed by atoms with Gasteiger partial charge in [0.05, 0.1) is 23.8 Å². The zero-order valence-electron chi connectivity index (χ0n) is 21.8. The topological polar surface area (TPSA) is 105 Å². The van der Waals surface area contributed by atoms with E-state index in [0.29, 0.717) is 18.6 Å². The minimum atomic E-state index is -5.00. The van der Waals surface area contributed by atoms with E-state index in [9.17, 15) is 32.4 Å². The summed E-state index contributed by atoms with van der Waals surface area (Å²) in [4.78, 5) is 33.1. The van der Waals surface area contributed by atoms with Crippen molar-refractivity contribution in [3.05, 3.63) is 98.5 Å². The molecule has 0 fully saturated rings. The van der Waals surface area contributed by atoms with Gasteiger partial charge in [0, 0.05) is 12.1 Å². The normalized spacial score (nSPS) is 12.3. The number of rotatable bonds is 9. The average molecular weight is 544 g/mol. The maximum atomic E-state index is 14.0. The van der Waals surface area contributed by atoms with Crippen LogP contribution in [0.1, 0.15) is 64.9 Å². The molecule has 0 aliphatic heterocycles. The first-order chi connectivity index (χ1) is 18.4. The van der Waals surface area contributed by atoms with Crippen LogP contribution in [0.25, 0.3) is 0 Å². The summed E-state index contributed by atoms with van der Waals surface area (Å²) in [5, 5.41) is 9.60. The molecule has 1 heterocycles. The molecule has 39 heavy (non-hydrogen) atoms. The molecular weight excluding hydrogens is 514 g/mol. The van der Waals surface area contributed by atoms with Crippen molar-refractivity contribution in [1.29, 1.82) is 5.26 Å². The van der Waals surface area contributed by atoms with Crippen LogP contribution < -0.4 is 11.3 Å². The second-order valence-electron chi connectivity index (χ2n) is 9.44. The molecule has 0 aliphatic rings. The molecule has 3 aromatic rings. The number of carbonyl (C=O) groups excluding carboxylic acids is 1. The highest BCUT2D eigenvalue weighted by atomic mass is 19.4. The summed E-state index contributed by atoms with van der Waals surface area (Å²) in [6.07, 6.45) is -4.69. The van der Waals surface area contributed by atoms with E-state index in [0.717, 1.165) is 11.6 Å². The number of amides is 1. The molecular formula is C28H29F4N5O2. The summed E-state index contributed by atoms with van der Waals surface area (Å²) in [5.74, 6) is -2.47. The van der Waals surface area contributed by atoms with E-state index in [4.69, 9.17) is 5.73 Å². The van der Waals surface area contributed by atoms with Gasteiger partial charge >= 0.3 is 6.18 Å². The van der Waals surface area contributed by atoms with Gasteiger partial charge in [-0.3, -0.25) is 14.2 Å². The number of halogens is 4. The van der Waals surface area contributed by atoms with Crippen LogP contribution in [-0.2, 0) is 12.7 Å². The lowest BCUT2D eigenvalue weighted by Crippen LogP contribution is -2.43. The number of nitrogens with zero attached hydrogens (tertiary/aromatic N) is 4. The Balaban J connectivity index is 2.24. The third kappa shape index (κ3) is 6.52. The molecule has 1 unspecified atom stereocenters. The van der Waals surface area contributed by atoms with E-state index in [2.05, 4.69) is 4.98 Å². The number of nitrogens with two attached hydrogens (primary N) is 1. The summed E-state index contributed by atoms with van der Waals surface area (Å²) in [6.45, 7) is 5.35. The van der Waals surface area contributed by atoms with E-state index in [-0.39, 0.29) is 48.2 Å². The predicted octanol–water partition coefficient (Wildman–Crippen LogP) is 4.82. The van der Waals surface area contributed by atoms with Crippen LogP contribution >= 0.6 is 0 Å². The average Bonchev–Trinajstić information content (AvgIpc) is 2.88. The first kappa shape index (κ1) is 29.5. The fourth-order valence-corrected chi connectivity index (χ4v) is 4.42. The molecule has 1 amide bonds. The molecule has 7 nitrogen and oxygen atoms in total. The van der Waals surface area contributed by atoms with Crippen LogP contribution in [0.3, 0.4) is 0 Å². The Morgan fingerprint density at radius 1 is 1.18 bits per heavy atom. The summed E-state index contributed by atoms with van der Waals surface area (Å²) in [7, 11) is 0. The van der Waals surface area contributed by atoms with Crippen LogP contribution in [0.4, 0.5) is 17.6 Å². The zero-order valence-corrected chi connectivity index (χ0v) is 21.8. The Kier molecular flexibility index (Phi) is 9.24. The summed E-state index contributed by atoms with van der Waals surface area (Å²) in [6, 6.07) is 12.1. The molecule has 0 saturated carbocycles. The van der Waals surface area contributed by atoms with E-state index in [1.54, 1.807) is 38.1 Å². The van der Waals surface area contributed by atoms with Crippen molar-refractivity contribution >= 4 is 5.91 Å². The molecule has 0 aliphatic carbocycles. The first-order valence-corrected chi connectivity index (χ1v) is 12.3. The Hall–Kier alpha value is -4.04. The Morgan fingerprint density at radius 2 is 1.85 bits per heavy atom. The molecule has 0 radical (unpaired) electrons. The molecule has 0 spiro atoms. The third-order valence-corrected chi connectivity index (χ3v) is 6.29. The van der Waals surface area contributed by atoms with Crippen LogP contribution in [0, 0.1) is 30.0 Å². The SMILES string of the molecule is Cc1nc(C(C(C)C)N(CCCN)C(=O)c2ccc(F)c(C(F)(F)F)c2)n(Cc2ccccc2)c(=O)c1C#N. The second-order valence-corrected chi connectivity index (χ2v) is 9.44. The molecule has 1 atom stereocenters. The molecule has 11 heteroatoms. The standard InChI is InChI=1S/C28H29F4N5O2/c1-17(2)24(25-35-18(3)21(15-34)27(39)37(25)16-19-8-5-4-6-9-19)36(13-7-12-33)26(38)20-10-11-23(29)22(14-20)28(30,31)32/h4-6,8-11,14,17,24H,7,12-13,16,33H2,1-3H3. The number of carbonyl (C=O) groups is 1. The molecule has 0 saturated heterocycles. The minimum absolute atomic E-state index is 0.0389. The van der Waals surface area contributed by atoms with Crippen LogP contribution in [0.15, 0.2) is 53.3 Å². The highest BCUT2D eigenvalue weighted by Gasteiger charge is 2.37. The van der Waals surface area contributed by atoms with E-state index >= 15 is 0 Å². The maximum Gasteiger partial charge on any atom is 0.419 e. The second kappa shape index (κ2) is 12.2. The van der Waals surface area contributed by atoms with Gasteiger partial charge in [0.25, 0.3) is 11.5 Å². The van der Waals surface area contributed by atoms with Crippen molar-refractivity contribution in [3.8, 4) is 6.07 Å². The van der Waals surface area contributed by atoms with Crippen molar-refractivity contribution < 1.29 is 22.4 Å². The largest absolute Gasteiger partial charge is 0.419 e. The van der Waals surface area contributed by atoms with Gasteiger partial charge in [-0.05, 0) is 49.6 Å². The lowest BCUT2D eigenvalue weighted by atomic mass is 9.98. The monoisotopic (exact) mass is 543 g/mol. The number of alkyl halides is 3. The van der Waals surface area contributed by atoms with Gasteiger partial charge in [-0.25, -0.2) is 9.37 Å². The van der Waals surface area contributed by atoms with E-state index in [1.165, 1.54) is 16.4 Å². The fourth-order valence-electron chi connectivity index (χ4n) is 4.42. The maximum absolute atomic E-state index is 14.0. The van der Waals surface area contributed by atoms with Crippen molar-refractivity contribution in [2.24, 2.45) is 11.7 Å². The molecule has 206 valence electrons. The lowest BCUT2D eigenvalue weighted by Gasteiger charge is -2.35. The number of hydrogen-bond acceptors (Lipinski definition) is 5. The quantitative estimate of drug-likeness (QED) is 0.390. The van der Waals surface area contributed by atoms with E-state index in [1.807, 2.05) is 12.1 Å². The van der Waals surface area contributed by atoms with Gasteiger partial charge in [-0.15, -0.1) is 0 Å². The highest BCUT2D eigenvalue weighted by Crippen LogP contribution is 2.34. The number of hydrogen-bond donors (Lipinski definition) is 1. The molecule has 1 aromatic heterocycles. The van der Waals surface area contributed by atoms with Crippen LogP contribution in [0.5, 0.6) is 0 Å². The highest BCUT2D eigenvalue weighted by molar-refractivity contribution is 5.94. The number of aryl methyl sites for hydroxylation is 1. The van der Waals surface area contributed by atoms with Crippen LogP contribution in [-0.4, -0.2) is 33.4 Å². The number of nitriles is 1. The van der Waals surface area contributed by atoms with Crippen LogP contribution in [0.2, 0.25) is 0 Å². The first-order valence-electron chi connectivity index (χ1n) is 12.3. The van der Waals surface area contributed by atoms with Crippen molar-refractivity contribution in [2.75, 3.05) is 13.1 Å². The van der Waals surface area contributed by atoms with Crippen molar-refractivity contribution in [3.63, 3.8) is 0 Å². The van der Waals surface area contributed by atoms with Crippen molar-refractivity contribution in [1.82, 2.24) is 14.5 Å². The molecule has 0 bridgehead atoms. The van der Waals surface area contributed by atoms with E-state index < -0.39 is 35.1 Å². The number of benzene rings is 2. The predicted molar refractivity (Wildman–Crippen MR) is 137 cm³/mol. The van der Waals surface area contributed by atoms with Gasteiger partial charge in [0.2, 0.25) is 0 Å². The smallest absolute Gasteiger partial charge is 0.330 e. The summed E-state index contributed by atoms with van der Waals surface area (Å²) >= 11 is 0. The molecule has 2 N–H and O–H groups in total. The van der Waals surface area contributed by atoms with Gasteiger partial charge in [0.15, 0.2) is 0 Å².